The molecule has 0 bridgehead atoms. The van der Waals surface area contributed by atoms with Gasteiger partial charge in [-0.05, 0) is 18.9 Å². The number of methoxy groups -OCH3 is 1. The molecule has 11 nitrogen and oxygen atoms in total. The van der Waals surface area contributed by atoms with E-state index in [2.05, 4.69) is 10.3 Å². The number of hydrogen-bond donors (Lipinski definition) is 3. The Morgan fingerprint density at radius 2 is 2.06 bits per heavy atom. The molecule has 1 aliphatic carbocycles. The van der Waals surface area contributed by atoms with Crippen LogP contribution in [0.25, 0.3) is 10.9 Å². The monoisotopic (exact) mass is 447 g/mol. The summed E-state index contributed by atoms with van der Waals surface area (Å²) < 4.78 is 22.6. The van der Waals surface area contributed by atoms with Gasteiger partial charge < -0.3 is 35.1 Å². The molecule has 1 aromatic heterocycles. The molecule has 170 valence electrons. The van der Waals surface area contributed by atoms with Crippen molar-refractivity contribution >= 4 is 34.1 Å². The molecule has 1 aliphatic heterocycles. The summed E-state index contributed by atoms with van der Waals surface area (Å²) in [5.74, 6) is -2.79. The summed E-state index contributed by atoms with van der Waals surface area (Å²) >= 11 is 0. The first-order chi connectivity index (χ1) is 15.3. The quantitative estimate of drug-likeness (QED) is 0.260. The van der Waals surface area contributed by atoms with Gasteiger partial charge in [0.2, 0.25) is 5.43 Å². The largest absolute Gasteiger partial charge is 0.492 e. The molecule has 1 saturated heterocycles. The number of halogens is 1. The van der Waals surface area contributed by atoms with Crippen molar-refractivity contribution < 1.29 is 29.1 Å². The molecule has 2 aliphatic rings. The molecule has 1 saturated carbocycles. The number of hydrogen-bond acceptors (Lipinski definition) is 8. The number of nitrogens with zero attached hydrogens (tertiary/aromatic N) is 4. The number of ether oxygens (including phenoxy) is 1. The van der Waals surface area contributed by atoms with E-state index < -0.39 is 28.7 Å². The third kappa shape index (κ3) is 3.37. The minimum absolute atomic E-state index is 0.0162. The van der Waals surface area contributed by atoms with Crippen molar-refractivity contribution in [3.05, 3.63) is 33.9 Å². The minimum Gasteiger partial charge on any atom is -0.492 e. The fourth-order valence-corrected chi connectivity index (χ4v) is 4.13. The molecule has 0 spiro atoms. The second kappa shape index (κ2) is 8.02. The van der Waals surface area contributed by atoms with Crippen LogP contribution < -0.4 is 20.8 Å². The fraction of sp³-hybridized carbons (Fsp3) is 0.400. The number of oxime groups is 2. The lowest BCUT2D eigenvalue weighted by molar-refractivity contribution is 0.0694. The lowest BCUT2D eigenvalue weighted by atomic mass is 10.1. The van der Waals surface area contributed by atoms with Crippen molar-refractivity contribution in [3.8, 4) is 5.75 Å². The Bertz CT molecular complexity index is 1220. The Morgan fingerprint density at radius 1 is 1.34 bits per heavy atom. The topological polar surface area (TPSA) is 152 Å². The number of carboxylic acids is 1. The molecule has 0 amide bonds. The number of benzene rings is 1. The highest BCUT2D eigenvalue weighted by Gasteiger charge is 2.37. The van der Waals surface area contributed by atoms with E-state index in [0.717, 1.165) is 18.9 Å². The maximum atomic E-state index is 15.4. The fourth-order valence-electron chi connectivity index (χ4n) is 4.13. The standard InChI is InChI=1S/C20H22FN5O6/c1-31-18-15-10(17(27)12(20(28)29)7-26(15)9-3-4-9)5-13(21)16(18)25-6-11(19(22)23-30)14(8-25)24-32-2/h5,7,9,11,30H,3-4,6,8H2,1-2H3,(H2,22,23)(H,28,29)/b24-14-. The second-order valence-corrected chi connectivity index (χ2v) is 7.68. The van der Waals surface area contributed by atoms with E-state index in [0.29, 0.717) is 11.2 Å². The molecule has 2 heterocycles. The maximum absolute atomic E-state index is 15.4. The van der Waals surface area contributed by atoms with Crippen LogP contribution >= 0.6 is 0 Å². The van der Waals surface area contributed by atoms with Crippen LogP contribution in [0.2, 0.25) is 0 Å². The highest BCUT2D eigenvalue weighted by Crippen LogP contribution is 2.44. The first kappa shape index (κ1) is 21.4. The van der Waals surface area contributed by atoms with Crippen LogP contribution in [-0.4, -0.2) is 59.7 Å². The maximum Gasteiger partial charge on any atom is 0.341 e. The van der Waals surface area contributed by atoms with E-state index in [1.807, 2.05) is 0 Å². The molecule has 2 aromatic rings. The second-order valence-electron chi connectivity index (χ2n) is 7.68. The number of carbonyl (C=O) groups is 1. The normalized spacial score (nSPS) is 20.2. The van der Waals surface area contributed by atoms with Gasteiger partial charge in [-0.2, -0.15) is 0 Å². The Morgan fingerprint density at radius 3 is 2.62 bits per heavy atom. The van der Waals surface area contributed by atoms with Crippen LogP contribution in [0.1, 0.15) is 29.2 Å². The van der Waals surface area contributed by atoms with Gasteiger partial charge in [0, 0.05) is 18.8 Å². The molecule has 4 N–H and O–H groups in total. The Kier molecular flexibility index (Phi) is 5.36. The van der Waals surface area contributed by atoms with Crippen molar-refractivity contribution in [2.24, 2.45) is 22.0 Å². The molecule has 2 fully saturated rings. The number of nitrogens with two attached hydrogens (primary N) is 1. The molecule has 4 rings (SSSR count). The van der Waals surface area contributed by atoms with E-state index in [4.69, 9.17) is 20.5 Å². The van der Waals surface area contributed by atoms with E-state index in [-0.39, 0.29) is 41.8 Å². The van der Waals surface area contributed by atoms with Gasteiger partial charge in [-0.15, -0.1) is 0 Å². The van der Waals surface area contributed by atoms with Gasteiger partial charge in [0.15, 0.2) is 11.6 Å². The number of amidine groups is 1. The van der Waals surface area contributed by atoms with E-state index in [9.17, 15) is 14.7 Å². The van der Waals surface area contributed by atoms with Crippen molar-refractivity contribution in [2.75, 3.05) is 32.2 Å². The lowest BCUT2D eigenvalue weighted by Gasteiger charge is -2.24. The van der Waals surface area contributed by atoms with E-state index >= 15 is 4.39 Å². The SMILES string of the molecule is CO/N=C1/CN(c2c(F)cc3c(=O)c(C(=O)O)cn(C4CC4)c3c2OC)CC1/C(N)=N\O. The average Bonchev–Trinajstić information content (AvgIpc) is 3.53. The van der Waals surface area contributed by atoms with Crippen molar-refractivity contribution in [3.63, 3.8) is 0 Å². The van der Waals surface area contributed by atoms with Gasteiger partial charge >= 0.3 is 5.97 Å². The number of aromatic carboxylic acids is 1. The van der Waals surface area contributed by atoms with Gasteiger partial charge in [0.1, 0.15) is 24.2 Å². The highest BCUT2D eigenvalue weighted by atomic mass is 19.1. The van der Waals surface area contributed by atoms with Gasteiger partial charge in [-0.3, -0.25) is 4.79 Å². The van der Waals surface area contributed by atoms with Crippen LogP contribution in [-0.2, 0) is 4.84 Å². The third-order valence-electron chi connectivity index (χ3n) is 5.73. The Labute approximate surface area is 181 Å². The zero-order chi connectivity index (χ0) is 23.2. The highest BCUT2D eigenvalue weighted by molar-refractivity contribution is 6.10. The number of rotatable bonds is 6. The predicted molar refractivity (Wildman–Crippen MR) is 114 cm³/mol. The summed E-state index contributed by atoms with van der Waals surface area (Å²) in [6.45, 7) is 0.228. The number of anilines is 1. The van der Waals surface area contributed by atoms with Crippen LogP contribution in [0.3, 0.4) is 0 Å². The summed E-state index contributed by atoms with van der Waals surface area (Å²) in [6.07, 6.45) is 2.88. The number of carboxylic acid groups (broad SMARTS) is 1. The smallest absolute Gasteiger partial charge is 0.341 e. The van der Waals surface area contributed by atoms with E-state index in [1.165, 1.54) is 20.4 Å². The van der Waals surface area contributed by atoms with Crippen LogP contribution in [0.15, 0.2) is 27.4 Å². The minimum atomic E-state index is -1.38. The molecule has 1 unspecified atom stereocenters. The number of fused-ring (bicyclic) bond motifs is 1. The summed E-state index contributed by atoms with van der Waals surface area (Å²) in [7, 11) is 2.70. The number of pyridine rings is 1. The van der Waals surface area contributed by atoms with Crippen molar-refractivity contribution in [1.82, 2.24) is 4.57 Å². The zero-order valence-corrected chi connectivity index (χ0v) is 17.4. The molecular formula is C20H22FN5O6. The average molecular weight is 447 g/mol. The van der Waals surface area contributed by atoms with Gasteiger partial charge in [-0.25, -0.2) is 9.18 Å². The predicted octanol–water partition coefficient (Wildman–Crippen LogP) is 1.37. The number of aromatic nitrogens is 1. The molecular weight excluding hydrogens is 425 g/mol. The molecule has 1 aromatic carbocycles. The van der Waals surface area contributed by atoms with Crippen LogP contribution in [0.5, 0.6) is 5.75 Å². The Hall–Kier alpha value is -3.83. The third-order valence-corrected chi connectivity index (χ3v) is 5.73. The van der Waals surface area contributed by atoms with Crippen LogP contribution in [0.4, 0.5) is 10.1 Å². The first-order valence-corrected chi connectivity index (χ1v) is 9.83. The van der Waals surface area contributed by atoms with Gasteiger partial charge in [-0.1, -0.05) is 10.3 Å². The zero-order valence-electron chi connectivity index (χ0n) is 17.4. The van der Waals surface area contributed by atoms with E-state index in [1.54, 1.807) is 9.47 Å². The molecule has 12 heteroatoms. The Balaban J connectivity index is 1.96. The van der Waals surface area contributed by atoms with Crippen molar-refractivity contribution in [2.45, 2.75) is 18.9 Å². The summed E-state index contributed by atoms with van der Waals surface area (Å²) in [5.41, 5.74) is 5.37. The summed E-state index contributed by atoms with van der Waals surface area (Å²) in [6, 6.07) is 1.02. The first-order valence-electron chi connectivity index (χ1n) is 9.83. The van der Waals surface area contributed by atoms with Crippen LogP contribution in [0, 0.1) is 11.7 Å². The van der Waals surface area contributed by atoms with Crippen molar-refractivity contribution in [1.29, 1.82) is 0 Å². The molecule has 1 atom stereocenters. The van der Waals surface area contributed by atoms with Gasteiger partial charge in [0.25, 0.3) is 0 Å². The molecule has 32 heavy (non-hydrogen) atoms. The summed E-state index contributed by atoms with van der Waals surface area (Å²) in [4.78, 5) is 30.8. The summed E-state index contributed by atoms with van der Waals surface area (Å²) in [5, 5.41) is 25.4. The molecule has 0 radical (unpaired) electrons. The van der Waals surface area contributed by atoms with Gasteiger partial charge in [0.05, 0.1) is 36.2 Å². The lowest BCUT2D eigenvalue weighted by Crippen LogP contribution is -2.30.